The second-order valence-corrected chi connectivity index (χ2v) is 7.53. The molecule has 1 N–H and O–H groups in total. The van der Waals surface area contributed by atoms with Crippen molar-refractivity contribution in [3.63, 3.8) is 0 Å². The Bertz CT molecular complexity index is 791. The van der Waals surface area contributed by atoms with Crippen molar-refractivity contribution >= 4 is 28.7 Å². The van der Waals surface area contributed by atoms with Crippen LogP contribution in [0.5, 0.6) is 0 Å². The first-order chi connectivity index (χ1) is 12.5. The van der Waals surface area contributed by atoms with Crippen LogP contribution in [0.15, 0.2) is 16.0 Å². The van der Waals surface area contributed by atoms with Gasteiger partial charge in [-0.1, -0.05) is 39.0 Å². The number of nitrogens with zero attached hydrogens (tertiary/aromatic N) is 3. The number of H-pyrrole nitrogens is 1. The molecule has 2 aromatic heterocycles. The Kier molecular flexibility index (Phi) is 7.75. The van der Waals surface area contributed by atoms with Gasteiger partial charge in [-0.2, -0.15) is 0 Å². The van der Waals surface area contributed by atoms with Gasteiger partial charge >= 0.3 is 0 Å². The number of thioether (sulfide) groups is 1. The SMILES string of the molecule is CCCCn1c(SCC(=O)N(CCC)CCC)nc2cc(C)[nH]c2c1=O. The van der Waals surface area contributed by atoms with Crippen molar-refractivity contribution in [2.24, 2.45) is 0 Å². The van der Waals surface area contributed by atoms with Crippen molar-refractivity contribution in [3.8, 4) is 0 Å². The van der Waals surface area contributed by atoms with E-state index in [0.717, 1.165) is 44.5 Å². The highest BCUT2D eigenvalue weighted by Crippen LogP contribution is 2.19. The van der Waals surface area contributed by atoms with Crippen molar-refractivity contribution in [2.45, 2.75) is 65.1 Å². The average Bonchev–Trinajstić information content (AvgIpc) is 2.99. The van der Waals surface area contributed by atoms with Gasteiger partial charge in [0.05, 0.1) is 11.3 Å². The molecule has 0 aliphatic rings. The molecule has 0 bridgehead atoms. The molecule has 2 rings (SSSR count). The van der Waals surface area contributed by atoms with E-state index in [1.165, 1.54) is 11.8 Å². The lowest BCUT2D eigenvalue weighted by Gasteiger charge is -2.21. The number of aromatic amines is 1. The molecule has 0 aromatic carbocycles. The Labute approximate surface area is 159 Å². The second kappa shape index (κ2) is 9.80. The first-order valence-corrected chi connectivity index (χ1v) is 10.5. The topological polar surface area (TPSA) is 71.0 Å². The third kappa shape index (κ3) is 4.90. The molecule has 2 aromatic rings. The number of unbranched alkanes of at least 4 members (excludes halogenated alkanes) is 1. The van der Waals surface area contributed by atoms with Crippen molar-refractivity contribution in [3.05, 3.63) is 22.1 Å². The third-order valence-corrected chi connectivity index (χ3v) is 5.20. The van der Waals surface area contributed by atoms with Gasteiger partial charge in [-0.05, 0) is 32.3 Å². The smallest absolute Gasteiger partial charge is 0.278 e. The van der Waals surface area contributed by atoms with Crippen LogP contribution in [0.2, 0.25) is 0 Å². The maximum absolute atomic E-state index is 12.8. The Morgan fingerprint density at radius 2 is 1.92 bits per heavy atom. The van der Waals surface area contributed by atoms with Gasteiger partial charge < -0.3 is 9.88 Å². The van der Waals surface area contributed by atoms with E-state index in [-0.39, 0.29) is 11.5 Å². The highest BCUT2D eigenvalue weighted by Gasteiger charge is 2.17. The number of carbonyl (C=O) groups excluding carboxylic acids is 1. The Balaban J connectivity index is 2.26. The summed E-state index contributed by atoms with van der Waals surface area (Å²) >= 11 is 1.37. The summed E-state index contributed by atoms with van der Waals surface area (Å²) in [5, 5.41) is 0.635. The quantitative estimate of drug-likeness (QED) is 0.507. The minimum atomic E-state index is -0.0505. The predicted molar refractivity (Wildman–Crippen MR) is 108 cm³/mol. The lowest BCUT2D eigenvalue weighted by Crippen LogP contribution is -2.34. The summed E-state index contributed by atoms with van der Waals surface area (Å²) in [4.78, 5) is 35.1. The normalized spacial score (nSPS) is 11.2. The van der Waals surface area contributed by atoms with E-state index in [2.05, 4.69) is 30.7 Å². The first kappa shape index (κ1) is 20.6. The van der Waals surface area contributed by atoms with Gasteiger partial charge in [0.2, 0.25) is 5.91 Å². The van der Waals surface area contributed by atoms with Crippen molar-refractivity contribution in [1.29, 1.82) is 0 Å². The van der Waals surface area contributed by atoms with E-state index >= 15 is 0 Å². The van der Waals surface area contributed by atoms with Crippen LogP contribution >= 0.6 is 11.8 Å². The van der Waals surface area contributed by atoms with Crippen LogP contribution in [0, 0.1) is 6.92 Å². The molecule has 0 atom stereocenters. The summed E-state index contributed by atoms with van der Waals surface area (Å²) in [6.07, 6.45) is 3.80. The zero-order valence-corrected chi connectivity index (χ0v) is 17.1. The molecule has 0 radical (unpaired) electrons. The highest BCUT2D eigenvalue weighted by atomic mass is 32.2. The van der Waals surface area contributed by atoms with Crippen molar-refractivity contribution in [2.75, 3.05) is 18.8 Å². The van der Waals surface area contributed by atoms with Gasteiger partial charge in [0.25, 0.3) is 5.56 Å². The predicted octanol–water partition coefficient (Wildman–Crippen LogP) is 3.57. The molecule has 0 fully saturated rings. The number of aryl methyl sites for hydroxylation is 1. The van der Waals surface area contributed by atoms with Gasteiger partial charge in [-0.3, -0.25) is 14.2 Å². The van der Waals surface area contributed by atoms with E-state index in [0.29, 0.717) is 28.5 Å². The molecular formula is C19H30N4O2S. The Morgan fingerprint density at radius 1 is 1.23 bits per heavy atom. The first-order valence-electron chi connectivity index (χ1n) is 9.52. The van der Waals surface area contributed by atoms with Crippen LogP contribution in [0.3, 0.4) is 0 Å². The number of nitrogens with one attached hydrogen (secondary N) is 1. The summed E-state index contributed by atoms with van der Waals surface area (Å²) in [5.41, 5.74) is 2.09. The molecule has 7 heteroatoms. The summed E-state index contributed by atoms with van der Waals surface area (Å²) in [6.45, 7) is 10.4. The summed E-state index contributed by atoms with van der Waals surface area (Å²) in [6, 6.07) is 1.88. The fourth-order valence-electron chi connectivity index (χ4n) is 2.95. The molecule has 144 valence electrons. The number of hydrogen-bond donors (Lipinski definition) is 1. The third-order valence-electron chi connectivity index (χ3n) is 4.24. The average molecular weight is 379 g/mol. The van der Waals surface area contributed by atoms with Crippen LogP contribution in [0.25, 0.3) is 11.0 Å². The van der Waals surface area contributed by atoms with Crippen LogP contribution in [-0.4, -0.2) is 44.2 Å². The van der Waals surface area contributed by atoms with Crippen LogP contribution < -0.4 is 5.56 Å². The minimum Gasteiger partial charge on any atom is -0.353 e. The number of rotatable bonds is 10. The van der Waals surface area contributed by atoms with Crippen molar-refractivity contribution in [1.82, 2.24) is 19.4 Å². The fraction of sp³-hybridized carbons (Fsp3) is 0.632. The Morgan fingerprint density at radius 3 is 2.54 bits per heavy atom. The van der Waals surface area contributed by atoms with Gasteiger partial charge in [0.1, 0.15) is 5.52 Å². The molecule has 0 aliphatic carbocycles. The van der Waals surface area contributed by atoms with E-state index in [9.17, 15) is 9.59 Å². The summed E-state index contributed by atoms with van der Waals surface area (Å²) in [7, 11) is 0. The maximum Gasteiger partial charge on any atom is 0.278 e. The molecule has 6 nitrogen and oxygen atoms in total. The van der Waals surface area contributed by atoms with Crippen LogP contribution in [-0.2, 0) is 11.3 Å². The van der Waals surface area contributed by atoms with E-state index in [4.69, 9.17) is 0 Å². The lowest BCUT2D eigenvalue weighted by atomic mass is 10.3. The van der Waals surface area contributed by atoms with Gasteiger partial charge in [0.15, 0.2) is 5.16 Å². The largest absolute Gasteiger partial charge is 0.353 e. The maximum atomic E-state index is 12.8. The molecule has 1 amide bonds. The zero-order chi connectivity index (χ0) is 19.1. The van der Waals surface area contributed by atoms with Gasteiger partial charge in [0, 0.05) is 25.3 Å². The lowest BCUT2D eigenvalue weighted by molar-refractivity contribution is -0.128. The fourth-order valence-corrected chi connectivity index (χ4v) is 3.88. The van der Waals surface area contributed by atoms with Gasteiger partial charge in [-0.15, -0.1) is 0 Å². The van der Waals surface area contributed by atoms with Gasteiger partial charge in [-0.25, -0.2) is 4.98 Å². The monoisotopic (exact) mass is 378 g/mol. The molecule has 2 heterocycles. The molecule has 0 unspecified atom stereocenters. The molecule has 0 spiro atoms. The van der Waals surface area contributed by atoms with Crippen molar-refractivity contribution < 1.29 is 4.79 Å². The van der Waals surface area contributed by atoms with E-state index in [1.807, 2.05) is 17.9 Å². The number of carbonyl (C=O) groups is 1. The van der Waals surface area contributed by atoms with E-state index < -0.39 is 0 Å². The highest BCUT2D eigenvalue weighted by molar-refractivity contribution is 7.99. The minimum absolute atomic E-state index is 0.0505. The number of aromatic nitrogens is 3. The summed E-state index contributed by atoms with van der Waals surface area (Å²) < 4.78 is 1.71. The molecule has 26 heavy (non-hydrogen) atoms. The summed E-state index contributed by atoms with van der Waals surface area (Å²) in [5.74, 6) is 0.424. The standard InChI is InChI=1S/C19H30N4O2S/c1-5-8-11-23-18(25)17-15(12-14(4)20-17)21-19(23)26-13-16(24)22(9-6-2)10-7-3/h12,20H,5-11,13H2,1-4H3. The second-order valence-electron chi connectivity index (χ2n) is 6.59. The number of amides is 1. The number of hydrogen-bond acceptors (Lipinski definition) is 4. The zero-order valence-electron chi connectivity index (χ0n) is 16.3. The molecule has 0 saturated heterocycles. The molecule has 0 aliphatic heterocycles. The number of fused-ring (bicyclic) bond motifs is 1. The van der Waals surface area contributed by atoms with E-state index in [1.54, 1.807) is 4.57 Å². The molecule has 0 saturated carbocycles. The molecular weight excluding hydrogens is 348 g/mol. The Hall–Kier alpha value is -1.76. The van der Waals surface area contributed by atoms with Crippen LogP contribution in [0.4, 0.5) is 0 Å². The van der Waals surface area contributed by atoms with Crippen LogP contribution in [0.1, 0.15) is 52.1 Å².